The Balaban J connectivity index is 2.23. The summed E-state index contributed by atoms with van der Waals surface area (Å²) in [6.07, 6.45) is 0.418. The minimum absolute atomic E-state index is 0.0309. The second-order valence-electron chi connectivity index (χ2n) is 7.53. The van der Waals surface area contributed by atoms with Crippen molar-refractivity contribution in [3.63, 3.8) is 0 Å². The Bertz CT molecular complexity index is 951. The standard InChI is InChI=1S/C20H23N3O3/c1-12-13(9-10-17(24)25)11-16(19(26)18(12)20(2,3)4)23-21-14-7-5-6-8-15(14)22-23/h5-8,11,26H,9-10H2,1-4H3,(H,24,25). The summed E-state index contributed by atoms with van der Waals surface area (Å²) in [5.41, 5.74) is 4.21. The molecule has 6 heteroatoms. The highest BCUT2D eigenvalue weighted by atomic mass is 16.4. The lowest BCUT2D eigenvalue weighted by Crippen LogP contribution is -2.17. The van der Waals surface area contributed by atoms with Crippen LogP contribution in [0.1, 0.15) is 43.9 Å². The van der Waals surface area contributed by atoms with Crippen LogP contribution in [-0.2, 0) is 16.6 Å². The number of aryl methyl sites for hydroxylation is 1. The molecule has 0 aliphatic rings. The molecule has 0 atom stereocenters. The number of carbonyl (C=O) groups is 1. The molecule has 2 N–H and O–H groups in total. The number of aromatic nitrogens is 3. The van der Waals surface area contributed by atoms with E-state index in [9.17, 15) is 9.90 Å². The molecular weight excluding hydrogens is 330 g/mol. The van der Waals surface area contributed by atoms with Crippen molar-refractivity contribution in [2.45, 2.75) is 46.0 Å². The normalized spacial score (nSPS) is 11.8. The summed E-state index contributed by atoms with van der Waals surface area (Å²) in [6.45, 7) is 7.99. The molecule has 3 aromatic rings. The second kappa shape index (κ2) is 6.44. The second-order valence-corrected chi connectivity index (χ2v) is 7.53. The average molecular weight is 353 g/mol. The molecule has 1 aromatic heterocycles. The molecule has 0 radical (unpaired) electrons. The molecule has 0 spiro atoms. The Kier molecular flexibility index (Phi) is 4.44. The molecule has 0 bridgehead atoms. The van der Waals surface area contributed by atoms with Crippen LogP contribution in [0.3, 0.4) is 0 Å². The topological polar surface area (TPSA) is 88.2 Å². The van der Waals surface area contributed by atoms with Gasteiger partial charge in [-0.15, -0.1) is 15.0 Å². The van der Waals surface area contributed by atoms with E-state index in [1.807, 2.05) is 52.0 Å². The van der Waals surface area contributed by atoms with Crippen molar-refractivity contribution in [2.24, 2.45) is 0 Å². The average Bonchev–Trinajstić information content (AvgIpc) is 2.96. The number of benzene rings is 2. The number of fused-ring (bicyclic) bond motifs is 1. The van der Waals surface area contributed by atoms with Crippen LogP contribution in [0.4, 0.5) is 0 Å². The van der Waals surface area contributed by atoms with E-state index in [-0.39, 0.29) is 17.6 Å². The molecule has 1 heterocycles. The van der Waals surface area contributed by atoms with Gasteiger partial charge < -0.3 is 10.2 Å². The molecule has 0 saturated heterocycles. The summed E-state index contributed by atoms with van der Waals surface area (Å²) in [6, 6.07) is 9.28. The van der Waals surface area contributed by atoms with Gasteiger partial charge in [-0.3, -0.25) is 4.79 Å². The van der Waals surface area contributed by atoms with E-state index in [4.69, 9.17) is 5.11 Å². The number of aromatic hydroxyl groups is 1. The largest absolute Gasteiger partial charge is 0.505 e. The van der Waals surface area contributed by atoms with E-state index in [2.05, 4.69) is 10.2 Å². The molecule has 0 aliphatic carbocycles. The fourth-order valence-electron chi connectivity index (χ4n) is 3.35. The van der Waals surface area contributed by atoms with Gasteiger partial charge in [-0.1, -0.05) is 32.9 Å². The van der Waals surface area contributed by atoms with Crippen LogP contribution in [0.25, 0.3) is 16.7 Å². The van der Waals surface area contributed by atoms with Crippen molar-refractivity contribution in [1.82, 2.24) is 15.0 Å². The van der Waals surface area contributed by atoms with E-state index in [0.717, 1.165) is 27.7 Å². The number of hydrogen-bond donors (Lipinski definition) is 2. The van der Waals surface area contributed by atoms with Crippen LogP contribution in [0.15, 0.2) is 30.3 Å². The number of hydrogen-bond acceptors (Lipinski definition) is 4. The van der Waals surface area contributed by atoms with Crippen molar-refractivity contribution in [2.75, 3.05) is 0 Å². The molecule has 0 aliphatic heterocycles. The zero-order valence-electron chi connectivity index (χ0n) is 15.4. The minimum Gasteiger partial charge on any atom is -0.505 e. The Labute approximate surface area is 152 Å². The van der Waals surface area contributed by atoms with E-state index in [0.29, 0.717) is 12.1 Å². The van der Waals surface area contributed by atoms with Gasteiger partial charge in [0.1, 0.15) is 22.5 Å². The van der Waals surface area contributed by atoms with Crippen molar-refractivity contribution >= 4 is 17.0 Å². The molecule has 0 unspecified atom stereocenters. The molecule has 3 rings (SSSR count). The zero-order chi connectivity index (χ0) is 19.1. The van der Waals surface area contributed by atoms with Gasteiger partial charge >= 0.3 is 5.97 Å². The summed E-state index contributed by atoms with van der Waals surface area (Å²) < 4.78 is 0. The zero-order valence-corrected chi connectivity index (χ0v) is 15.4. The highest BCUT2D eigenvalue weighted by Crippen LogP contribution is 2.39. The minimum atomic E-state index is -0.848. The van der Waals surface area contributed by atoms with E-state index >= 15 is 0 Å². The molecule has 26 heavy (non-hydrogen) atoms. The third-order valence-corrected chi connectivity index (χ3v) is 4.51. The van der Waals surface area contributed by atoms with Crippen LogP contribution in [0.5, 0.6) is 5.75 Å². The molecule has 0 fully saturated rings. The number of carboxylic acids is 1. The van der Waals surface area contributed by atoms with E-state index in [1.165, 1.54) is 4.80 Å². The Morgan fingerprint density at radius 2 is 1.73 bits per heavy atom. The summed E-state index contributed by atoms with van der Waals surface area (Å²) in [5.74, 6) is -0.714. The number of carboxylic acid groups (broad SMARTS) is 1. The van der Waals surface area contributed by atoms with Gasteiger partial charge in [-0.2, -0.15) is 0 Å². The molecule has 0 amide bonds. The maximum absolute atomic E-state index is 11.0. The van der Waals surface area contributed by atoms with Gasteiger partial charge in [-0.05, 0) is 48.1 Å². The lowest BCUT2D eigenvalue weighted by Gasteiger charge is -2.26. The highest BCUT2D eigenvalue weighted by molar-refractivity contribution is 5.74. The molecule has 2 aromatic carbocycles. The van der Waals surface area contributed by atoms with Gasteiger partial charge in [-0.25, -0.2) is 0 Å². The van der Waals surface area contributed by atoms with Crippen molar-refractivity contribution in [3.05, 3.63) is 47.0 Å². The summed E-state index contributed by atoms with van der Waals surface area (Å²) in [4.78, 5) is 12.5. The van der Waals surface area contributed by atoms with Crippen LogP contribution in [-0.4, -0.2) is 31.2 Å². The predicted molar refractivity (Wildman–Crippen MR) is 99.9 cm³/mol. The Hall–Kier alpha value is -2.89. The van der Waals surface area contributed by atoms with Crippen LogP contribution < -0.4 is 0 Å². The van der Waals surface area contributed by atoms with E-state index in [1.54, 1.807) is 6.07 Å². The lowest BCUT2D eigenvalue weighted by molar-refractivity contribution is -0.136. The first-order chi connectivity index (χ1) is 12.2. The first kappa shape index (κ1) is 17.9. The molecule has 0 saturated carbocycles. The summed E-state index contributed by atoms with van der Waals surface area (Å²) >= 11 is 0. The molecule has 136 valence electrons. The number of aliphatic carboxylic acids is 1. The fraction of sp³-hybridized carbons (Fsp3) is 0.350. The number of phenols is 1. The van der Waals surface area contributed by atoms with Crippen LogP contribution in [0.2, 0.25) is 0 Å². The first-order valence-corrected chi connectivity index (χ1v) is 8.58. The monoisotopic (exact) mass is 353 g/mol. The van der Waals surface area contributed by atoms with Crippen molar-refractivity contribution in [1.29, 1.82) is 0 Å². The van der Waals surface area contributed by atoms with Gasteiger partial charge in [0.2, 0.25) is 0 Å². The van der Waals surface area contributed by atoms with Gasteiger partial charge in [0.15, 0.2) is 0 Å². The quantitative estimate of drug-likeness (QED) is 0.746. The van der Waals surface area contributed by atoms with E-state index < -0.39 is 5.97 Å². The van der Waals surface area contributed by atoms with Crippen molar-refractivity contribution in [3.8, 4) is 11.4 Å². The summed E-state index contributed by atoms with van der Waals surface area (Å²) in [7, 11) is 0. The third kappa shape index (κ3) is 3.27. The van der Waals surface area contributed by atoms with Gasteiger partial charge in [0.05, 0.1) is 0 Å². The van der Waals surface area contributed by atoms with Gasteiger partial charge in [0, 0.05) is 12.0 Å². The Morgan fingerprint density at radius 3 is 2.23 bits per heavy atom. The Morgan fingerprint density at radius 1 is 1.15 bits per heavy atom. The molecular formula is C20H23N3O3. The highest BCUT2D eigenvalue weighted by Gasteiger charge is 2.26. The third-order valence-electron chi connectivity index (χ3n) is 4.51. The number of rotatable bonds is 4. The van der Waals surface area contributed by atoms with Crippen molar-refractivity contribution < 1.29 is 15.0 Å². The summed E-state index contributed by atoms with van der Waals surface area (Å²) in [5, 5.41) is 28.9. The molecule has 6 nitrogen and oxygen atoms in total. The van der Waals surface area contributed by atoms with Gasteiger partial charge in [0.25, 0.3) is 0 Å². The maximum atomic E-state index is 11.0. The first-order valence-electron chi connectivity index (χ1n) is 8.58. The lowest BCUT2D eigenvalue weighted by atomic mass is 9.80. The fourth-order valence-corrected chi connectivity index (χ4v) is 3.35. The predicted octanol–water partition coefficient (Wildman–Crippen LogP) is 3.75. The smallest absolute Gasteiger partial charge is 0.303 e. The number of phenolic OH excluding ortho intramolecular Hbond substituents is 1. The van der Waals surface area contributed by atoms with Crippen LogP contribution in [0, 0.1) is 6.92 Å². The van der Waals surface area contributed by atoms with Crippen LogP contribution >= 0.6 is 0 Å². The SMILES string of the molecule is Cc1c(CCC(=O)O)cc(-n2nc3ccccc3n2)c(O)c1C(C)(C)C. The number of nitrogens with zero attached hydrogens (tertiary/aromatic N) is 3. The maximum Gasteiger partial charge on any atom is 0.303 e.